The van der Waals surface area contributed by atoms with E-state index in [-0.39, 0.29) is 24.2 Å². The van der Waals surface area contributed by atoms with Crippen molar-refractivity contribution in [2.75, 3.05) is 24.4 Å². The molecule has 0 aliphatic rings. The van der Waals surface area contributed by atoms with E-state index in [0.29, 0.717) is 23.1 Å². The number of thiazole rings is 5. The van der Waals surface area contributed by atoms with E-state index in [9.17, 15) is 19.2 Å². The fraction of sp³-hybridized carbons (Fsp3) is 0.487. The number of thiocarbonyl (C=S) groups is 1. The van der Waals surface area contributed by atoms with Gasteiger partial charge in [0.2, 0.25) is 5.78 Å². The second kappa shape index (κ2) is 30.7. The lowest BCUT2D eigenvalue weighted by Crippen LogP contribution is -2.21. The molecule has 0 spiro atoms. The van der Waals surface area contributed by atoms with Crippen LogP contribution in [0.4, 0.5) is 11.6 Å². The molecule has 0 bridgehead atoms. The fourth-order valence-electron chi connectivity index (χ4n) is 3.92. The summed E-state index contributed by atoms with van der Waals surface area (Å²) in [4.78, 5) is 69.0. The topological polar surface area (TPSA) is 262 Å². The average molecular weight is 960 g/mol. The number of ketones is 1. The molecule has 22 heteroatoms. The smallest absolute Gasteiger partial charge is 0.374 e. The summed E-state index contributed by atoms with van der Waals surface area (Å²) in [6.07, 6.45) is 0. The Hall–Kier alpha value is -4.32. The number of esters is 2. The molecule has 5 aromatic heterocycles. The summed E-state index contributed by atoms with van der Waals surface area (Å²) in [5, 5.41) is 13.5. The molecule has 8 N–H and O–H groups in total. The van der Waals surface area contributed by atoms with Crippen molar-refractivity contribution in [2.45, 2.75) is 111 Å². The summed E-state index contributed by atoms with van der Waals surface area (Å²) in [7, 11) is 0. The third-order valence-corrected chi connectivity index (χ3v) is 11.1. The van der Waals surface area contributed by atoms with Crippen LogP contribution in [0.25, 0.3) is 0 Å². The minimum absolute atomic E-state index is 0.183. The van der Waals surface area contributed by atoms with Crippen molar-refractivity contribution in [3.63, 3.8) is 0 Å². The number of carbonyl (C=O) groups is 4. The molecular formula is C39H61N9O7S6. The third kappa shape index (κ3) is 25.3. The molecule has 5 heterocycles. The number of hydrogen-bond donors (Lipinski definition) is 5. The first-order chi connectivity index (χ1) is 28.2. The van der Waals surface area contributed by atoms with Gasteiger partial charge in [-0.15, -0.1) is 56.7 Å². The number of carboxylic acids is 1. The summed E-state index contributed by atoms with van der Waals surface area (Å²) < 4.78 is 9.30. The van der Waals surface area contributed by atoms with Crippen molar-refractivity contribution >= 4 is 109 Å². The zero-order valence-corrected chi connectivity index (χ0v) is 42.7. The Kier molecular flexibility index (Phi) is 29.5. The number of nitrogen functional groups attached to an aromatic ring is 2. The highest BCUT2D eigenvalue weighted by Gasteiger charge is 2.18. The van der Waals surface area contributed by atoms with E-state index in [0.717, 1.165) is 45.4 Å². The van der Waals surface area contributed by atoms with E-state index in [2.05, 4.69) is 54.2 Å². The van der Waals surface area contributed by atoms with Crippen LogP contribution in [0.3, 0.4) is 0 Å². The van der Waals surface area contributed by atoms with Gasteiger partial charge in [-0.05, 0) is 96.9 Å². The number of nitrogens with one attached hydrogen (secondary N) is 1. The Morgan fingerprint density at radius 1 is 0.656 bits per heavy atom. The molecule has 0 aliphatic heterocycles. The highest BCUT2D eigenvalue weighted by atomic mass is 32.1. The highest BCUT2D eigenvalue weighted by Crippen LogP contribution is 2.20. The molecule has 0 saturated heterocycles. The molecule has 0 radical (unpaired) electrons. The molecule has 340 valence electrons. The highest BCUT2D eigenvalue weighted by molar-refractivity contribution is 7.80. The molecule has 0 aromatic carbocycles. The summed E-state index contributed by atoms with van der Waals surface area (Å²) in [5.41, 5.74) is 14.6. The number of Topliss-reactive ketones (excluding diaryl/α,β-unsaturated/α-hetero) is 1. The minimum Gasteiger partial charge on any atom is -0.476 e. The Balaban J connectivity index is 0. The fourth-order valence-corrected chi connectivity index (χ4v) is 7.88. The molecule has 0 aliphatic carbocycles. The second-order valence-electron chi connectivity index (χ2n) is 12.5. The summed E-state index contributed by atoms with van der Waals surface area (Å²) in [6.45, 7) is 30.5. The number of hydrogen-bond acceptors (Lipinski definition) is 20. The molecule has 0 saturated carbocycles. The maximum atomic E-state index is 11.2. The van der Waals surface area contributed by atoms with E-state index in [4.69, 9.17) is 27.2 Å². The van der Waals surface area contributed by atoms with Crippen LogP contribution in [0.2, 0.25) is 0 Å². The number of hydrazine groups is 1. The van der Waals surface area contributed by atoms with Gasteiger partial charge >= 0.3 is 17.9 Å². The van der Waals surface area contributed by atoms with Crippen LogP contribution in [0.5, 0.6) is 0 Å². The van der Waals surface area contributed by atoms with Crippen molar-refractivity contribution in [2.24, 2.45) is 17.5 Å². The molecule has 0 atom stereocenters. The lowest BCUT2D eigenvalue weighted by molar-refractivity contribution is -0.154. The van der Waals surface area contributed by atoms with Gasteiger partial charge in [0.25, 0.3) is 0 Å². The SMILES string of the molecule is CC(N)=S.CCOC(=O)C(=O)C(C)C.CCOC(=O)c1nc(C)sc1C.Cc1nc(C(=O)O)c(C)s1.Cc1nc(C)c(C)s1.Cc1nc(N)c(C)s1.Cc1nc(NN)c(C)s1. The number of carboxylic acid groups (broad SMARTS) is 1. The molecule has 5 rings (SSSR count). The average Bonchev–Trinajstić information content (AvgIpc) is 3.93. The standard InChI is InChI=1S/C8H11NO2S.C7H12O3.C6H7NO2S.C6H9NS.C5H9N3S.C5H8N2S.C2H5NS/c1-4-11-8(10)7-5(2)12-6(3)9-7;1-4-10-7(9)6(8)5(2)3;1-3-5(6(8)9)7-4(2)10-3;1-4-5(2)8-6(3)7-4;1-3-5(8-6)7-4(2)9-3;1-3-5(6)7-4(2)8-3;1-2(3)4/h4H2,1-3H3;5H,4H2,1-3H3;1-2H3,(H,8,9);1-3H3;8H,6H2,1-2H3;6H2,1-2H3;1H3,(H2,3,4). The van der Waals surface area contributed by atoms with Crippen molar-refractivity contribution in [1.82, 2.24) is 24.9 Å². The van der Waals surface area contributed by atoms with Crippen LogP contribution < -0.4 is 22.7 Å². The molecule has 61 heavy (non-hydrogen) atoms. The van der Waals surface area contributed by atoms with E-state index < -0.39 is 17.7 Å². The normalized spacial score (nSPS) is 9.54. The number of anilines is 2. The zero-order chi connectivity index (χ0) is 47.7. The molecular weight excluding hydrogens is 899 g/mol. The largest absolute Gasteiger partial charge is 0.476 e. The lowest BCUT2D eigenvalue weighted by Gasteiger charge is -2.01. The summed E-state index contributed by atoms with van der Waals surface area (Å²) in [5.74, 6) is 3.91. The molecule has 0 amide bonds. The van der Waals surface area contributed by atoms with Crippen LogP contribution in [-0.2, 0) is 19.1 Å². The van der Waals surface area contributed by atoms with Gasteiger partial charge in [0.15, 0.2) is 17.2 Å². The Labute approximate surface area is 384 Å². The van der Waals surface area contributed by atoms with Crippen molar-refractivity contribution < 1.29 is 33.8 Å². The predicted molar refractivity (Wildman–Crippen MR) is 257 cm³/mol. The van der Waals surface area contributed by atoms with Crippen molar-refractivity contribution in [1.29, 1.82) is 0 Å². The van der Waals surface area contributed by atoms with Crippen molar-refractivity contribution in [3.8, 4) is 0 Å². The monoisotopic (exact) mass is 959 g/mol. The molecule has 0 unspecified atom stereocenters. The number of nitrogens with two attached hydrogens (primary N) is 3. The number of rotatable bonds is 7. The quantitative estimate of drug-likeness (QED) is 0.0335. The Morgan fingerprint density at radius 3 is 1.26 bits per heavy atom. The second-order valence-corrected chi connectivity index (χ2v) is 20.2. The van der Waals surface area contributed by atoms with Gasteiger partial charge in [-0.25, -0.2) is 45.1 Å². The van der Waals surface area contributed by atoms with Crippen LogP contribution in [0.1, 0.15) is 111 Å². The van der Waals surface area contributed by atoms with E-state index in [1.165, 1.54) is 38.3 Å². The van der Waals surface area contributed by atoms with Gasteiger partial charge in [-0.2, -0.15) is 0 Å². The number of aromatic carboxylic acids is 1. The van der Waals surface area contributed by atoms with Gasteiger partial charge in [0.05, 0.1) is 48.9 Å². The maximum absolute atomic E-state index is 11.2. The summed E-state index contributed by atoms with van der Waals surface area (Å²) in [6, 6.07) is 0. The predicted octanol–water partition coefficient (Wildman–Crippen LogP) is 8.92. The third-order valence-electron chi connectivity index (χ3n) is 6.59. The number of aromatic nitrogens is 5. The van der Waals surface area contributed by atoms with Gasteiger partial charge in [0, 0.05) is 30.3 Å². The van der Waals surface area contributed by atoms with Gasteiger partial charge in [0.1, 0.15) is 5.82 Å². The van der Waals surface area contributed by atoms with Gasteiger partial charge in [-0.3, -0.25) is 4.79 Å². The van der Waals surface area contributed by atoms with Crippen LogP contribution in [0.15, 0.2) is 0 Å². The number of carbonyl (C=O) groups excluding carboxylic acids is 3. The zero-order valence-electron chi connectivity index (χ0n) is 37.8. The molecule has 5 aromatic rings. The minimum atomic E-state index is -0.943. The summed E-state index contributed by atoms with van der Waals surface area (Å²) >= 11 is 12.3. The Bertz CT molecular complexity index is 2050. The first-order valence-electron chi connectivity index (χ1n) is 18.5. The van der Waals surface area contributed by atoms with E-state index in [1.807, 2.05) is 55.4 Å². The van der Waals surface area contributed by atoms with E-state index >= 15 is 0 Å². The van der Waals surface area contributed by atoms with Crippen LogP contribution in [-0.4, -0.2) is 71.9 Å². The molecule has 16 nitrogen and oxygen atoms in total. The first kappa shape index (κ1) is 58.8. The maximum Gasteiger partial charge on any atom is 0.374 e. The number of ether oxygens (including phenoxy) is 2. The van der Waals surface area contributed by atoms with Crippen molar-refractivity contribution in [3.05, 3.63) is 66.5 Å². The van der Waals surface area contributed by atoms with Gasteiger partial charge in [-0.1, -0.05) is 26.1 Å². The lowest BCUT2D eigenvalue weighted by atomic mass is 10.1. The molecule has 0 fully saturated rings. The van der Waals surface area contributed by atoms with Crippen LogP contribution in [0, 0.1) is 82.1 Å². The first-order valence-corrected chi connectivity index (χ1v) is 23.0. The van der Waals surface area contributed by atoms with E-state index in [1.54, 1.807) is 82.5 Å². The number of aryl methyl sites for hydroxylation is 11. The van der Waals surface area contributed by atoms with Crippen LogP contribution >= 0.6 is 68.9 Å². The number of nitrogens with zero attached hydrogens (tertiary/aromatic N) is 5. The Morgan fingerprint density at radius 2 is 1.05 bits per heavy atom. The van der Waals surface area contributed by atoms with Gasteiger partial charge < -0.3 is 31.5 Å².